The molecule has 1 saturated carbocycles. The van der Waals surface area contributed by atoms with Crippen molar-refractivity contribution in [2.75, 3.05) is 24.7 Å². The van der Waals surface area contributed by atoms with Gasteiger partial charge in [0.15, 0.2) is 0 Å². The SMILES string of the molecule is CCN(CC(=O)O)C1CC(NC(=O)Nc2ccc(SC)cc2)C1. The van der Waals surface area contributed by atoms with Crippen molar-refractivity contribution >= 4 is 29.4 Å². The molecule has 126 valence electrons. The Hall–Kier alpha value is -1.73. The Labute approximate surface area is 140 Å². The maximum absolute atomic E-state index is 12.0. The standard InChI is InChI=1S/C16H23N3O3S/c1-3-19(10-15(20)21)13-8-12(9-13)18-16(22)17-11-4-6-14(23-2)7-5-11/h4-7,12-13H,3,8-10H2,1-2H3,(H,20,21)(H2,17,18,22). The maximum atomic E-state index is 12.0. The van der Waals surface area contributed by atoms with Crippen LogP contribution in [-0.2, 0) is 4.79 Å². The van der Waals surface area contributed by atoms with E-state index in [-0.39, 0.29) is 24.7 Å². The van der Waals surface area contributed by atoms with Crippen molar-refractivity contribution in [3.63, 3.8) is 0 Å². The molecular weight excluding hydrogens is 314 g/mol. The summed E-state index contributed by atoms with van der Waals surface area (Å²) in [6.07, 6.45) is 3.59. The zero-order valence-electron chi connectivity index (χ0n) is 13.4. The molecule has 23 heavy (non-hydrogen) atoms. The molecule has 0 radical (unpaired) electrons. The first-order valence-corrected chi connectivity index (χ1v) is 8.91. The Morgan fingerprint density at radius 3 is 2.48 bits per heavy atom. The van der Waals surface area contributed by atoms with Crippen LogP contribution in [0, 0.1) is 0 Å². The van der Waals surface area contributed by atoms with Gasteiger partial charge < -0.3 is 15.7 Å². The molecule has 0 heterocycles. The summed E-state index contributed by atoms with van der Waals surface area (Å²) in [5.74, 6) is -0.810. The molecule has 0 saturated heterocycles. The monoisotopic (exact) mass is 337 g/mol. The highest BCUT2D eigenvalue weighted by Crippen LogP contribution is 2.25. The topological polar surface area (TPSA) is 81.7 Å². The predicted octanol–water partition coefficient (Wildman–Crippen LogP) is 2.47. The minimum Gasteiger partial charge on any atom is -0.480 e. The van der Waals surface area contributed by atoms with Crippen LogP contribution < -0.4 is 10.6 Å². The van der Waals surface area contributed by atoms with E-state index in [0.717, 1.165) is 23.4 Å². The van der Waals surface area contributed by atoms with Crippen LogP contribution in [0.25, 0.3) is 0 Å². The number of benzene rings is 1. The van der Waals surface area contributed by atoms with Crippen LogP contribution in [0.3, 0.4) is 0 Å². The fourth-order valence-corrected chi connectivity index (χ4v) is 3.11. The number of nitrogens with one attached hydrogen (secondary N) is 2. The Kier molecular flexibility index (Phi) is 6.29. The number of anilines is 1. The van der Waals surface area contributed by atoms with Gasteiger partial charge in [0.2, 0.25) is 0 Å². The van der Waals surface area contributed by atoms with Crippen molar-refractivity contribution in [3.05, 3.63) is 24.3 Å². The second-order valence-corrected chi connectivity index (χ2v) is 6.49. The van der Waals surface area contributed by atoms with Crippen molar-refractivity contribution in [3.8, 4) is 0 Å². The third-order valence-electron chi connectivity index (χ3n) is 4.06. The second kappa shape index (κ2) is 8.21. The Balaban J connectivity index is 1.74. The molecular formula is C16H23N3O3S. The van der Waals surface area contributed by atoms with E-state index in [1.54, 1.807) is 11.8 Å². The van der Waals surface area contributed by atoms with E-state index in [2.05, 4.69) is 10.6 Å². The van der Waals surface area contributed by atoms with Gasteiger partial charge in [-0.1, -0.05) is 6.92 Å². The first kappa shape index (κ1) is 17.6. The normalized spacial score (nSPS) is 20.0. The maximum Gasteiger partial charge on any atom is 0.319 e. The number of carboxylic acids is 1. The third kappa shape index (κ3) is 5.14. The average Bonchev–Trinajstić information content (AvgIpc) is 2.49. The highest BCUT2D eigenvalue weighted by Gasteiger charge is 2.34. The average molecular weight is 337 g/mol. The predicted molar refractivity (Wildman–Crippen MR) is 92.1 cm³/mol. The van der Waals surface area contributed by atoms with Crippen molar-refractivity contribution in [2.45, 2.75) is 36.7 Å². The summed E-state index contributed by atoms with van der Waals surface area (Å²) in [5.41, 5.74) is 0.761. The lowest BCUT2D eigenvalue weighted by molar-refractivity contribution is -0.139. The van der Waals surface area contributed by atoms with Crippen LogP contribution in [0.4, 0.5) is 10.5 Å². The van der Waals surface area contributed by atoms with Crippen LogP contribution in [0.15, 0.2) is 29.2 Å². The minimum absolute atomic E-state index is 0.0574. The summed E-state index contributed by atoms with van der Waals surface area (Å²) >= 11 is 1.65. The largest absolute Gasteiger partial charge is 0.480 e. The molecule has 0 aromatic heterocycles. The molecule has 0 spiro atoms. The number of amides is 2. The lowest BCUT2D eigenvalue weighted by Crippen LogP contribution is -2.55. The van der Waals surface area contributed by atoms with E-state index in [4.69, 9.17) is 5.11 Å². The molecule has 0 atom stereocenters. The number of rotatable bonds is 7. The van der Waals surface area contributed by atoms with Gasteiger partial charge in [0.25, 0.3) is 0 Å². The molecule has 2 amide bonds. The summed E-state index contributed by atoms with van der Waals surface area (Å²) in [5, 5.41) is 14.6. The molecule has 1 fully saturated rings. The number of nitrogens with zero attached hydrogens (tertiary/aromatic N) is 1. The molecule has 0 aliphatic heterocycles. The van der Waals surface area contributed by atoms with Gasteiger partial charge in [0, 0.05) is 22.7 Å². The van der Waals surface area contributed by atoms with Gasteiger partial charge in [-0.15, -0.1) is 11.8 Å². The number of aliphatic carboxylic acids is 1. The van der Waals surface area contributed by atoms with E-state index in [1.165, 1.54) is 0 Å². The van der Waals surface area contributed by atoms with Crippen LogP contribution >= 0.6 is 11.8 Å². The van der Waals surface area contributed by atoms with Gasteiger partial charge in [-0.25, -0.2) is 4.79 Å². The van der Waals surface area contributed by atoms with Crippen LogP contribution in [-0.4, -0.2) is 53.4 Å². The summed E-state index contributed by atoms with van der Waals surface area (Å²) in [6.45, 7) is 2.72. The number of likely N-dealkylation sites (N-methyl/N-ethyl adjacent to an activating group) is 1. The van der Waals surface area contributed by atoms with E-state index in [9.17, 15) is 9.59 Å². The first-order valence-electron chi connectivity index (χ1n) is 7.69. The zero-order chi connectivity index (χ0) is 16.8. The van der Waals surface area contributed by atoms with Crippen molar-refractivity contribution in [1.29, 1.82) is 0 Å². The molecule has 1 aliphatic rings. The number of hydrogen-bond acceptors (Lipinski definition) is 4. The fraction of sp³-hybridized carbons (Fsp3) is 0.500. The molecule has 3 N–H and O–H groups in total. The molecule has 6 nitrogen and oxygen atoms in total. The molecule has 0 unspecified atom stereocenters. The zero-order valence-corrected chi connectivity index (χ0v) is 14.2. The quantitative estimate of drug-likeness (QED) is 0.666. The van der Waals surface area contributed by atoms with Gasteiger partial charge in [0.05, 0.1) is 6.54 Å². The van der Waals surface area contributed by atoms with Gasteiger partial charge in [-0.05, 0) is 49.9 Å². The molecule has 2 rings (SSSR count). The van der Waals surface area contributed by atoms with E-state index < -0.39 is 5.97 Å². The lowest BCUT2D eigenvalue weighted by atomic mass is 9.85. The van der Waals surface area contributed by atoms with Crippen LogP contribution in [0.1, 0.15) is 19.8 Å². The fourth-order valence-electron chi connectivity index (χ4n) is 2.70. The van der Waals surface area contributed by atoms with Crippen LogP contribution in [0.2, 0.25) is 0 Å². The van der Waals surface area contributed by atoms with Crippen molar-refractivity contribution in [1.82, 2.24) is 10.2 Å². The Morgan fingerprint density at radius 1 is 1.30 bits per heavy atom. The van der Waals surface area contributed by atoms with E-state index in [1.807, 2.05) is 42.3 Å². The number of thioether (sulfide) groups is 1. The highest BCUT2D eigenvalue weighted by atomic mass is 32.2. The van der Waals surface area contributed by atoms with Crippen molar-refractivity contribution < 1.29 is 14.7 Å². The van der Waals surface area contributed by atoms with Gasteiger partial charge in [0.1, 0.15) is 0 Å². The van der Waals surface area contributed by atoms with Crippen molar-refractivity contribution in [2.24, 2.45) is 0 Å². The van der Waals surface area contributed by atoms with Gasteiger partial charge in [-0.2, -0.15) is 0 Å². The number of carbonyl (C=O) groups is 2. The number of carboxylic acid groups (broad SMARTS) is 1. The number of carbonyl (C=O) groups excluding carboxylic acids is 1. The molecule has 1 aliphatic carbocycles. The molecule has 1 aromatic carbocycles. The molecule has 7 heteroatoms. The summed E-state index contributed by atoms with van der Waals surface area (Å²) in [4.78, 5) is 25.8. The van der Waals surface area contributed by atoms with E-state index in [0.29, 0.717) is 6.54 Å². The minimum atomic E-state index is -0.810. The summed E-state index contributed by atoms with van der Waals surface area (Å²) < 4.78 is 0. The van der Waals surface area contributed by atoms with Crippen LogP contribution in [0.5, 0.6) is 0 Å². The van der Waals surface area contributed by atoms with E-state index >= 15 is 0 Å². The Morgan fingerprint density at radius 2 is 1.96 bits per heavy atom. The Bertz CT molecular complexity index is 544. The van der Waals surface area contributed by atoms with Gasteiger partial charge in [-0.3, -0.25) is 9.69 Å². The highest BCUT2D eigenvalue weighted by molar-refractivity contribution is 7.98. The molecule has 1 aromatic rings. The third-order valence-corrected chi connectivity index (χ3v) is 4.80. The summed E-state index contributed by atoms with van der Waals surface area (Å²) in [7, 11) is 0. The molecule has 0 bridgehead atoms. The number of hydrogen-bond donors (Lipinski definition) is 3. The summed E-state index contributed by atoms with van der Waals surface area (Å²) in [6, 6.07) is 7.80. The smallest absolute Gasteiger partial charge is 0.319 e. The number of urea groups is 1. The van der Waals surface area contributed by atoms with Gasteiger partial charge >= 0.3 is 12.0 Å². The lowest BCUT2D eigenvalue weighted by Gasteiger charge is -2.42. The second-order valence-electron chi connectivity index (χ2n) is 5.61. The first-order chi connectivity index (χ1) is 11.0.